The zero-order chi connectivity index (χ0) is 17.4. The van der Waals surface area contributed by atoms with Crippen LogP contribution in [0.5, 0.6) is 0 Å². The summed E-state index contributed by atoms with van der Waals surface area (Å²) in [6, 6.07) is 5.89. The first-order chi connectivity index (χ1) is 11.4. The topological polar surface area (TPSA) is 78.1 Å². The molecule has 1 aromatic carbocycles. The average molecular weight is 326 g/mol. The fraction of sp³-hybridized carbons (Fsp3) is 0.389. The molecule has 2 amide bonds. The number of amides is 2. The molecule has 1 aromatic heterocycles. The Balaban J connectivity index is 1.76. The minimum Gasteiger partial charge on any atom is -0.311 e. The Hall–Kier alpha value is -2.63. The molecule has 1 fully saturated rings. The number of carbonyl (C=O) groups is 2. The van der Waals surface area contributed by atoms with Gasteiger partial charge in [-0.2, -0.15) is 5.10 Å². The highest BCUT2D eigenvalue weighted by molar-refractivity contribution is 6.03. The third-order valence-corrected chi connectivity index (χ3v) is 4.86. The highest BCUT2D eigenvalue weighted by Crippen LogP contribution is 2.30. The lowest BCUT2D eigenvalue weighted by Gasteiger charge is -2.20. The monoisotopic (exact) mass is 326 g/mol. The van der Waals surface area contributed by atoms with Crippen molar-refractivity contribution in [3.8, 4) is 0 Å². The maximum absolute atomic E-state index is 12.5. The zero-order valence-electron chi connectivity index (χ0n) is 14.4. The van der Waals surface area contributed by atoms with Crippen LogP contribution >= 0.6 is 0 Å². The molecular weight excluding hydrogens is 304 g/mol. The number of aromatic amines is 1. The van der Waals surface area contributed by atoms with Gasteiger partial charge in [0.25, 0.3) is 0 Å². The molecule has 0 unspecified atom stereocenters. The highest BCUT2D eigenvalue weighted by Gasteiger charge is 2.36. The Morgan fingerprint density at radius 1 is 1.25 bits per heavy atom. The molecule has 24 heavy (non-hydrogen) atoms. The van der Waals surface area contributed by atoms with Crippen molar-refractivity contribution in [3.05, 3.63) is 40.6 Å². The summed E-state index contributed by atoms with van der Waals surface area (Å²) in [7, 11) is 0. The van der Waals surface area contributed by atoms with Gasteiger partial charge in [0.15, 0.2) is 5.82 Å². The van der Waals surface area contributed by atoms with Gasteiger partial charge >= 0.3 is 0 Å². The molecule has 0 aliphatic carbocycles. The van der Waals surface area contributed by atoms with Crippen LogP contribution in [0.2, 0.25) is 0 Å². The number of aryl methyl sites for hydroxylation is 2. The largest absolute Gasteiger partial charge is 0.311 e. The first-order valence-electron chi connectivity index (χ1n) is 8.07. The lowest BCUT2D eigenvalue weighted by molar-refractivity contribution is -0.122. The van der Waals surface area contributed by atoms with E-state index in [1.807, 2.05) is 45.9 Å². The van der Waals surface area contributed by atoms with Crippen LogP contribution in [0.15, 0.2) is 18.2 Å². The standard InChI is InChI=1S/C18H22N4O2/c1-10-6-5-7-15(11(10)2)22-9-14(8-16(22)23)18(24)19-17-12(3)13(4)20-21-17/h5-7,14H,8-9H2,1-4H3,(H2,19,20,21,24)/t14-/m1/s1. The van der Waals surface area contributed by atoms with Gasteiger partial charge < -0.3 is 10.2 Å². The predicted molar refractivity (Wildman–Crippen MR) is 93.1 cm³/mol. The maximum Gasteiger partial charge on any atom is 0.231 e. The molecule has 1 atom stereocenters. The molecule has 1 aliphatic rings. The second-order valence-corrected chi connectivity index (χ2v) is 6.44. The predicted octanol–water partition coefficient (Wildman–Crippen LogP) is 2.63. The fourth-order valence-electron chi connectivity index (χ4n) is 2.97. The van der Waals surface area contributed by atoms with Crippen LogP contribution in [0.1, 0.15) is 28.8 Å². The van der Waals surface area contributed by atoms with Crippen molar-refractivity contribution in [1.82, 2.24) is 10.2 Å². The summed E-state index contributed by atoms with van der Waals surface area (Å²) in [5.74, 6) is -0.00603. The number of anilines is 2. The normalized spacial score (nSPS) is 17.4. The van der Waals surface area contributed by atoms with Crippen LogP contribution in [0.25, 0.3) is 0 Å². The van der Waals surface area contributed by atoms with Crippen LogP contribution in [-0.2, 0) is 9.59 Å². The van der Waals surface area contributed by atoms with Crippen molar-refractivity contribution in [1.29, 1.82) is 0 Å². The molecule has 3 rings (SSSR count). The summed E-state index contributed by atoms with van der Waals surface area (Å²) >= 11 is 0. The fourth-order valence-corrected chi connectivity index (χ4v) is 2.97. The molecule has 2 aromatic rings. The number of carbonyl (C=O) groups excluding carboxylic acids is 2. The maximum atomic E-state index is 12.5. The smallest absolute Gasteiger partial charge is 0.231 e. The Morgan fingerprint density at radius 2 is 2.00 bits per heavy atom. The van der Waals surface area contributed by atoms with E-state index in [1.54, 1.807) is 4.90 Å². The summed E-state index contributed by atoms with van der Waals surface area (Å²) in [6.07, 6.45) is 0.224. The minimum atomic E-state index is -0.367. The molecule has 6 nitrogen and oxygen atoms in total. The third kappa shape index (κ3) is 2.79. The van der Waals surface area contributed by atoms with Gasteiger partial charge in [-0.25, -0.2) is 0 Å². The lowest BCUT2D eigenvalue weighted by atomic mass is 10.1. The summed E-state index contributed by atoms with van der Waals surface area (Å²) in [5.41, 5.74) is 4.94. The second kappa shape index (κ2) is 6.11. The van der Waals surface area contributed by atoms with Crippen molar-refractivity contribution in [2.75, 3.05) is 16.8 Å². The summed E-state index contributed by atoms with van der Waals surface area (Å²) in [6.45, 7) is 8.22. The van der Waals surface area contributed by atoms with E-state index in [-0.39, 0.29) is 24.2 Å². The molecule has 2 N–H and O–H groups in total. The first-order valence-corrected chi connectivity index (χ1v) is 8.07. The highest BCUT2D eigenvalue weighted by atomic mass is 16.2. The molecule has 1 aliphatic heterocycles. The van der Waals surface area contributed by atoms with Crippen molar-refractivity contribution in [2.45, 2.75) is 34.1 Å². The third-order valence-electron chi connectivity index (χ3n) is 4.86. The number of nitrogens with zero attached hydrogens (tertiary/aromatic N) is 2. The van der Waals surface area contributed by atoms with Crippen LogP contribution in [0.3, 0.4) is 0 Å². The van der Waals surface area contributed by atoms with Crippen LogP contribution < -0.4 is 10.2 Å². The number of H-pyrrole nitrogens is 1. The number of rotatable bonds is 3. The summed E-state index contributed by atoms with van der Waals surface area (Å²) in [5, 5.41) is 9.77. The Labute approximate surface area is 141 Å². The quantitative estimate of drug-likeness (QED) is 0.910. The summed E-state index contributed by atoms with van der Waals surface area (Å²) < 4.78 is 0. The van der Waals surface area contributed by atoms with Crippen LogP contribution in [-0.4, -0.2) is 28.6 Å². The molecule has 1 saturated heterocycles. The van der Waals surface area contributed by atoms with Crippen molar-refractivity contribution in [2.24, 2.45) is 5.92 Å². The Bertz CT molecular complexity index is 809. The number of aromatic nitrogens is 2. The van der Waals surface area contributed by atoms with E-state index in [2.05, 4.69) is 15.5 Å². The van der Waals surface area contributed by atoms with E-state index in [4.69, 9.17) is 0 Å². The molecule has 0 saturated carbocycles. The molecule has 2 heterocycles. The first kappa shape index (κ1) is 16.2. The number of hydrogen-bond acceptors (Lipinski definition) is 3. The SMILES string of the molecule is Cc1cccc(N2C[C@H](C(=O)Nc3n[nH]c(C)c3C)CC2=O)c1C. The van der Waals surface area contributed by atoms with Gasteiger partial charge in [-0.05, 0) is 44.9 Å². The average Bonchev–Trinajstić information content (AvgIpc) is 3.08. The van der Waals surface area contributed by atoms with Gasteiger partial charge in [-0.1, -0.05) is 12.1 Å². The van der Waals surface area contributed by atoms with E-state index >= 15 is 0 Å². The Kier molecular flexibility index (Phi) is 4.13. The molecule has 0 bridgehead atoms. The van der Waals surface area contributed by atoms with E-state index in [1.165, 1.54) is 0 Å². The van der Waals surface area contributed by atoms with E-state index in [0.717, 1.165) is 28.1 Å². The van der Waals surface area contributed by atoms with Crippen molar-refractivity contribution >= 4 is 23.3 Å². The molecule has 6 heteroatoms. The van der Waals surface area contributed by atoms with E-state index in [9.17, 15) is 9.59 Å². The van der Waals surface area contributed by atoms with Crippen LogP contribution in [0, 0.1) is 33.6 Å². The zero-order valence-corrected chi connectivity index (χ0v) is 14.4. The molecule has 0 radical (unpaired) electrons. The summed E-state index contributed by atoms with van der Waals surface area (Å²) in [4.78, 5) is 26.6. The van der Waals surface area contributed by atoms with Crippen molar-refractivity contribution < 1.29 is 9.59 Å². The molecule has 0 spiro atoms. The lowest BCUT2D eigenvalue weighted by Crippen LogP contribution is -2.28. The van der Waals surface area contributed by atoms with Gasteiger partial charge in [-0.15, -0.1) is 0 Å². The number of nitrogens with one attached hydrogen (secondary N) is 2. The minimum absolute atomic E-state index is 0.0150. The van der Waals surface area contributed by atoms with Crippen LogP contribution in [0.4, 0.5) is 11.5 Å². The van der Waals surface area contributed by atoms with Gasteiger partial charge in [0.1, 0.15) is 0 Å². The number of hydrogen-bond donors (Lipinski definition) is 2. The van der Waals surface area contributed by atoms with Gasteiger partial charge in [0, 0.05) is 29.9 Å². The van der Waals surface area contributed by atoms with E-state index in [0.29, 0.717) is 12.4 Å². The van der Waals surface area contributed by atoms with E-state index < -0.39 is 0 Å². The second-order valence-electron chi connectivity index (χ2n) is 6.44. The molecule has 126 valence electrons. The number of benzene rings is 1. The van der Waals surface area contributed by atoms with Gasteiger partial charge in [-0.3, -0.25) is 14.7 Å². The van der Waals surface area contributed by atoms with Crippen molar-refractivity contribution in [3.63, 3.8) is 0 Å². The van der Waals surface area contributed by atoms with Gasteiger partial charge in [0.05, 0.1) is 5.92 Å². The Morgan fingerprint density at radius 3 is 2.67 bits per heavy atom. The van der Waals surface area contributed by atoms with Gasteiger partial charge in [0.2, 0.25) is 11.8 Å². The molecular formula is C18H22N4O2.